The topological polar surface area (TPSA) is 50.7 Å². The Balaban J connectivity index is 1.71. The monoisotopic (exact) mass is 293 g/mol. The molecule has 21 heavy (non-hydrogen) atoms. The van der Waals surface area contributed by atoms with Crippen molar-refractivity contribution in [2.75, 3.05) is 20.3 Å². The smallest absolute Gasteiger partial charge is 0.161 e. The van der Waals surface area contributed by atoms with E-state index in [0.717, 1.165) is 0 Å². The Hall–Kier alpha value is -1.26. The second kappa shape index (κ2) is 7.14. The van der Waals surface area contributed by atoms with Crippen LogP contribution in [-0.2, 0) is 0 Å². The minimum Gasteiger partial charge on any atom is -0.493 e. The molecule has 2 N–H and O–H groups in total. The third-order valence-electron chi connectivity index (χ3n) is 4.11. The molecule has 0 aromatic heterocycles. The van der Waals surface area contributed by atoms with E-state index in [4.69, 9.17) is 9.47 Å². The Morgan fingerprint density at radius 2 is 2.05 bits per heavy atom. The number of hydrogen-bond donors (Lipinski definition) is 2. The molecular formula is C17H27NO3. The zero-order chi connectivity index (χ0) is 15.3. The van der Waals surface area contributed by atoms with Crippen LogP contribution >= 0.6 is 0 Å². The van der Waals surface area contributed by atoms with E-state index in [1.165, 1.54) is 19.3 Å². The Kier molecular flexibility index (Phi) is 5.48. The van der Waals surface area contributed by atoms with E-state index < -0.39 is 6.10 Å². The van der Waals surface area contributed by atoms with Gasteiger partial charge in [0.1, 0.15) is 12.7 Å². The van der Waals surface area contributed by atoms with Crippen molar-refractivity contribution in [2.24, 2.45) is 5.41 Å². The lowest BCUT2D eigenvalue weighted by molar-refractivity contribution is 0.102. The fourth-order valence-electron chi connectivity index (χ4n) is 2.90. The van der Waals surface area contributed by atoms with Crippen LogP contribution in [0.5, 0.6) is 11.5 Å². The number of para-hydroxylation sites is 2. The third kappa shape index (κ3) is 4.90. The van der Waals surface area contributed by atoms with Gasteiger partial charge in [0.15, 0.2) is 11.5 Å². The SMILES string of the molecule is COc1ccccc1OCC(O)CNC1CCC(C)(C)C1. The highest BCUT2D eigenvalue weighted by Crippen LogP contribution is 2.36. The summed E-state index contributed by atoms with van der Waals surface area (Å²) in [6, 6.07) is 7.99. The fourth-order valence-corrected chi connectivity index (χ4v) is 2.90. The van der Waals surface area contributed by atoms with E-state index in [2.05, 4.69) is 19.2 Å². The van der Waals surface area contributed by atoms with Crippen molar-refractivity contribution >= 4 is 0 Å². The van der Waals surface area contributed by atoms with E-state index >= 15 is 0 Å². The maximum atomic E-state index is 10.0. The molecule has 1 aromatic carbocycles. The van der Waals surface area contributed by atoms with Gasteiger partial charge in [0, 0.05) is 12.6 Å². The van der Waals surface area contributed by atoms with Gasteiger partial charge in [-0.15, -0.1) is 0 Å². The molecule has 0 heterocycles. The molecule has 2 atom stereocenters. The molecule has 2 rings (SSSR count). The van der Waals surface area contributed by atoms with Crippen LogP contribution in [0.2, 0.25) is 0 Å². The van der Waals surface area contributed by atoms with Gasteiger partial charge in [-0.2, -0.15) is 0 Å². The highest BCUT2D eigenvalue weighted by molar-refractivity contribution is 5.39. The Bertz CT molecular complexity index is 447. The van der Waals surface area contributed by atoms with Gasteiger partial charge in [0.25, 0.3) is 0 Å². The first-order valence-electron chi connectivity index (χ1n) is 7.67. The molecule has 4 heteroatoms. The molecule has 0 amide bonds. The average Bonchev–Trinajstić information content (AvgIpc) is 2.82. The maximum Gasteiger partial charge on any atom is 0.161 e. The summed E-state index contributed by atoms with van der Waals surface area (Å²) in [4.78, 5) is 0. The van der Waals surface area contributed by atoms with Gasteiger partial charge in [0.05, 0.1) is 7.11 Å². The molecule has 1 aliphatic rings. The molecular weight excluding hydrogens is 266 g/mol. The zero-order valence-electron chi connectivity index (χ0n) is 13.3. The zero-order valence-corrected chi connectivity index (χ0v) is 13.3. The van der Waals surface area contributed by atoms with Crippen molar-refractivity contribution in [2.45, 2.75) is 45.3 Å². The van der Waals surface area contributed by atoms with Crippen LogP contribution in [0.4, 0.5) is 0 Å². The van der Waals surface area contributed by atoms with Crippen molar-refractivity contribution in [1.29, 1.82) is 0 Å². The fraction of sp³-hybridized carbons (Fsp3) is 0.647. The molecule has 2 unspecified atom stereocenters. The van der Waals surface area contributed by atoms with Crippen molar-refractivity contribution in [1.82, 2.24) is 5.32 Å². The summed E-state index contributed by atoms with van der Waals surface area (Å²) in [7, 11) is 1.61. The first kappa shape index (κ1) is 16.1. The molecule has 0 spiro atoms. The maximum absolute atomic E-state index is 10.0. The van der Waals surface area contributed by atoms with Crippen LogP contribution in [0, 0.1) is 5.41 Å². The summed E-state index contributed by atoms with van der Waals surface area (Å²) in [6.45, 7) is 5.44. The van der Waals surface area contributed by atoms with Gasteiger partial charge in [-0.3, -0.25) is 0 Å². The Labute approximate surface area is 127 Å². The molecule has 118 valence electrons. The molecule has 0 bridgehead atoms. The summed E-state index contributed by atoms with van der Waals surface area (Å²) in [6.07, 6.45) is 3.09. The second-order valence-electron chi connectivity index (χ2n) is 6.63. The van der Waals surface area contributed by atoms with Gasteiger partial charge >= 0.3 is 0 Å². The van der Waals surface area contributed by atoms with E-state index in [9.17, 15) is 5.11 Å². The van der Waals surface area contributed by atoms with Crippen LogP contribution in [0.15, 0.2) is 24.3 Å². The van der Waals surface area contributed by atoms with Gasteiger partial charge < -0.3 is 19.9 Å². The normalized spacial score (nSPS) is 22.0. The molecule has 1 fully saturated rings. The van der Waals surface area contributed by atoms with Crippen molar-refractivity contribution in [3.05, 3.63) is 24.3 Å². The number of ether oxygens (including phenoxy) is 2. The van der Waals surface area contributed by atoms with Crippen LogP contribution in [-0.4, -0.2) is 37.5 Å². The largest absolute Gasteiger partial charge is 0.493 e. The number of aliphatic hydroxyl groups is 1. The number of aliphatic hydroxyl groups excluding tert-OH is 1. The number of hydrogen-bond acceptors (Lipinski definition) is 4. The number of nitrogens with one attached hydrogen (secondary N) is 1. The Morgan fingerprint density at radius 1 is 1.33 bits per heavy atom. The number of rotatable bonds is 7. The molecule has 4 nitrogen and oxygen atoms in total. The van der Waals surface area contributed by atoms with Gasteiger partial charge in [-0.05, 0) is 36.8 Å². The van der Waals surface area contributed by atoms with Crippen LogP contribution in [0.25, 0.3) is 0 Å². The predicted octanol–water partition coefficient (Wildman–Crippen LogP) is 2.60. The van der Waals surface area contributed by atoms with Gasteiger partial charge in [-0.1, -0.05) is 26.0 Å². The van der Waals surface area contributed by atoms with Crippen LogP contribution < -0.4 is 14.8 Å². The van der Waals surface area contributed by atoms with E-state index in [1.807, 2.05) is 24.3 Å². The van der Waals surface area contributed by atoms with Crippen molar-refractivity contribution < 1.29 is 14.6 Å². The lowest BCUT2D eigenvalue weighted by Crippen LogP contribution is -2.37. The highest BCUT2D eigenvalue weighted by Gasteiger charge is 2.30. The van der Waals surface area contributed by atoms with Crippen molar-refractivity contribution in [3.63, 3.8) is 0 Å². The quantitative estimate of drug-likeness (QED) is 0.811. The van der Waals surface area contributed by atoms with E-state index in [0.29, 0.717) is 29.5 Å². The molecule has 0 radical (unpaired) electrons. The third-order valence-corrected chi connectivity index (χ3v) is 4.11. The standard InChI is InChI=1S/C17H27NO3/c1-17(2)9-8-13(10-17)18-11-14(19)12-21-16-7-5-4-6-15(16)20-3/h4-7,13-14,18-19H,8-12H2,1-3H3. The highest BCUT2D eigenvalue weighted by atomic mass is 16.5. The number of methoxy groups -OCH3 is 1. The van der Waals surface area contributed by atoms with Crippen molar-refractivity contribution in [3.8, 4) is 11.5 Å². The molecule has 0 aliphatic heterocycles. The summed E-state index contributed by atoms with van der Waals surface area (Å²) in [5.74, 6) is 1.36. The molecule has 0 saturated heterocycles. The molecule has 1 saturated carbocycles. The second-order valence-corrected chi connectivity index (χ2v) is 6.63. The summed E-state index contributed by atoms with van der Waals surface area (Å²) in [5.41, 5.74) is 0.427. The van der Waals surface area contributed by atoms with Gasteiger partial charge in [-0.25, -0.2) is 0 Å². The molecule has 1 aromatic rings. The van der Waals surface area contributed by atoms with E-state index in [1.54, 1.807) is 7.11 Å². The minimum atomic E-state index is -0.515. The summed E-state index contributed by atoms with van der Waals surface area (Å²) >= 11 is 0. The number of benzene rings is 1. The summed E-state index contributed by atoms with van der Waals surface area (Å²) < 4.78 is 10.9. The minimum absolute atomic E-state index is 0.267. The lowest BCUT2D eigenvalue weighted by Gasteiger charge is -2.20. The first-order chi connectivity index (χ1) is 10.00. The predicted molar refractivity (Wildman–Crippen MR) is 83.9 cm³/mol. The first-order valence-corrected chi connectivity index (χ1v) is 7.67. The van der Waals surface area contributed by atoms with Gasteiger partial charge in [0.2, 0.25) is 0 Å². The molecule has 1 aliphatic carbocycles. The van der Waals surface area contributed by atoms with Crippen LogP contribution in [0.3, 0.4) is 0 Å². The summed E-state index contributed by atoms with van der Waals surface area (Å²) in [5, 5.41) is 13.5. The average molecular weight is 293 g/mol. The Morgan fingerprint density at radius 3 is 2.67 bits per heavy atom. The lowest BCUT2D eigenvalue weighted by atomic mass is 9.92. The van der Waals surface area contributed by atoms with Crippen LogP contribution in [0.1, 0.15) is 33.1 Å². The van der Waals surface area contributed by atoms with E-state index in [-0.39, 0.29) is 6.61 Å².